The van der Waals surface area contributed by atoms with Crippen LogP contribution in [0.15, 0.2) is 18.2 Å². The van der Waals surface area contributed by atoms with Crippen molar-refractivity contribution in [3.8, 4) is 0 Å². The van der Waals surface area contributed by atoms with E-state index in [1.165, 1.54) is 16.7 Å². The second-order valence-electron chi connectivity index (χ2n) is 5.69. The molecule has 0 radical (unpaired) electrons. The molecule has 2 unspecified atom stereocenters. The van der Waals surface area contributed by atoms with E-state index in [0.717, 1.165) is 12.2 Å². The second-order valence-corrected chi connectivity index (χ2v) is 7.32. The summed E-state index contributed by atoms with van der Waals surface area (Å²) < 4.78 is 12.1. The first-order chi connectivity index (χ1) is 8.93. The third-order valence-corrected chi connectivity index (χ3v) is 4.82. The Morgan fingerprint density at radius 1 is 1.26 bits per heavy atom. The summed E-state index contributed by atoms with van der Waals surface area (Å²) in [5.41, 5.74) is 3.82. The maximum Gasteiger partial charge on any atom is 0.0437 e. The van der Waals surface area contributed by atoms with Gasteiger partial charge in [-0.15, -0.1) is 0 Å². The van der Waals surface area contributed by atoms with Crippen LogP contribution in [0.25, 0.3) is 0 Å². The molecule has 1 rings (SSSR count). The van der Waals surface area contributed by atoms with Crippen molar-refractivity contribution in [2.75, 3.05) is 18.6 Å². The Balaban J connectivity index is 2.70. The Morgan fingerprint density at radius 3 is 2.47 bits per heavy atom. The molecular weight excluding hydrogens is 254 g/mol. The second kappa shape index (κ2) is 7.81. The predicted molar refractivity (Wildman–Crippen MR) is 85.0 cm³/mol. The highest BCUT2D eigenvalue weighted by Crippen LogP contribution is 2.20. The average Bonchev–Trinajstić information content (AvgIpc) is 2.34. The van der Waals surface area contributed by atoms with Gasteiger partial charge in [0.05, 0.1) is 0 Å². The fourth-order valence-corrected chi connectivity index (χ4v) is 3.80. The van der Waals surface area contributed by atoms with Gasteiger partial charge in [0.15, 0.2) is 0 Å². The van der Waals surface area contributed by atoms with E-state index in [1.54, 1.807) is 0 Å². The zero-order valence-electron chi connectivity index (χ0n) is 12.8. The van der Waals surface area contributed by atoms with Crippen LogP contribution < -0.4 is 5.32 Å². The van der Waals surface area contributed by atoms with Crippen molar-refractivity contribution in [2.45, 2.75) is 40.2 Å². The van der Waals surface area contributed by atoms with Crippen LogP contribution in [-0.2, 0) is 10.8 Å². The molecule has 0 aliphatic carbocycles. The van der Waals surface area contributed by atoms with Gasteiger partial charge in [-0.1, -0.05) is 37.6 Å². The molecule has 108 valence electrons. The number of aryl methyl sites for hydroxylation is 2. The van der Waals surface area contributed by atoms with Crippen molar-refractivity contribution < 1.29 is 4.21 Å². The van der Waals surface area contributed by atoms with Gasteiger partial charge in [0.2, 0.25) is 0 Å². The molecule has 0 bridgehead atoms. The van der Waals surface area contributed by atoms with Crippen LogP contribution in [0.3, 0.4) is 0 Å². The predicted octanol–water partition coefficient (Wildman–Crippen LogP) is 3.36. The molecule has 0 aromatic heterocycles. The van der Waals surface area contributed by atoms with Gasteiger partial charge < -0.3 is 5.32 Å². The molecule has 0 fully saturated rings. The van der Waals surface area contributed by atoms with Crippen molar-refractivity contribution in [2.24, 2.45) is 5.92 Å². The summed E-state index contributed by atoms with van der Waals surface area (Å²) in [6, 6.07) is 6.67. The van der Waals surface area contributed by atoms with Gasteiger partial charge in [-0.2, -0.15) is 0 Å². The van der Waals surface area contributed by atoms with E-state index < -0.39 is 10.8 Å². The van der Waals surface area contributed by atoms with Crippen LogP contribution in [0.4, 0.5) is 0 Å². The lowest BCUT2D eigenvalue weighted by atomic mass is 10.0. The zero-order chi connectivity index (χ0) is 14.4. The van der Waals surface area contributed by atoms with Crippen LogP contribution in [-0.4, -0.2) is 22.8 Å². The molecule has 1 aromatic carbocycles. The first-order valence-corrected chi connectivity index (χ1v) is 8.52. The lowest BCUT2D eigenvalue weighted by Crippen LogP contribution is -2.24. The smallest absolute Gasteiger partial charge is 0.0437 e. The van der Waals surface area contributed by atoms with E-state index in [-0.39, 0.29) is 6.04 Å². The van der Waals surface area contributed by atoms with Gasteiger partial charge >= 0.3 is 0 Å². The number of benzene rings is 1. The zero-order valence-corrected chi connectivity index (χ0v) is 13.6. The van der Waals surface area contributed by atoms with Gasteiger partial charge in [0, 0.05) is 28.3 Å². The summed E-state index contributed by atoms with van der Waals surface area (Å²) in [5.74, 6) is 2.13. The monoisotopic (exact) mass is 281 g/mol. The van der Waals surface area contributed by atoms with Gasteiger partial charge in [0.25, 0.3) is 0 Å². The number of hydrogen-bond donors (Lipinski definition) is 1. The van der Waals surface area contributed by atoms with Crippen LogP contribution in [0.1, 0.15) is 43.0 Å². The van der Waals surface area contributed by atoms with Gasteiger partial charge in [-0.05, 0) is 44.4 Å². The highest BCUT2D eigenvalue weighted by molar-refractivity contribution is 7.85. The molecule has 1 N–H and O–H groups in total. The highest BCUT2D eigenvalue weighted by atomic mass is 32.2. The fraction of sp³-hybridized carbons (Fsp3) is 0.625. The third kappa shape index (κ3) is 5.45. The fourth-order valence-electron chi connectivity index (χ4n) is 2.18. The Morgan fingerprint density at radius 2 is 1.95 bits per heavy atom. The van der Waals surface area contributed by atoms with E-state index in [0.29, 0.717) is 11.7 Å². The minimum absolute atomic E-state index is 0.189. The van der Waals surface area contributed by atoms with E-state index in [9.17, 15) is 4.21 Å². The molecular formula is C16H27NOS. The minimum Gasteiger partial charge on any atom is -0.312 e. The number of nitrogens with one attached hydrogen (secondary N) is 1. The molecule has 0 spiro atoms. The van der Waals surface area contributed by atoms with Crippen molar-refractivity contribution in [3.05, 3.63) is 34.9 Å². The normalized spacial score (nSPS) is 14.6. The van der Waals surface area contributed by atoms with Gasteiger partial charge in [-0.25, -0.2) is 0 Å². The lowest BCUT2D eigenvalue weighted by Gasteiger charge is -2.19. The number of hydrogen-bond acceptors (Lipinski definition) is 2. The topological polar surface area (TPSA) is 29.1 Å². The first-order valence-electron chi connectivity index (χ1n) is 7.03. The largest absolute Gasteiger partial charge is 0.312 e. The Hall–Kier alpha value is -0.670. The molecule has 0 saturated carbocycles. The Bertz CT molecular complexity index is 429. The molecule has 3 heteroatoms. The average molecular weight is 281 g/mol. The van der Waals surface area contributed by atoms with Crippen molar-refractivity contribution >= 4 is 10.8 Å². The van der Waals surface area contributed by atoms with Gasteiger partial charge in [-0.3, -0.25) is 4.21 Å². The summed E-state index contributed by atoms with van der Waals surface area (Å²) in [5, 5.41) is 3.30. The molecule has 0 aliphatic rings. The standard InChI is InChI=1S/C16H27NOS/c1-12(2)8-9-19(18)11-16(17-5)15-7-6-13(3)10-14(15)4/h6-7,10,12,16-17H,8-9,11H2,1-5H3. The summed E-state index contributed by atoms with van der Waals surface area (Å²) in [4.78, 5) is 0. The Kier molecular flexibility index (Phi) is 6.73. The molecule has 2 nitrogen and oxygen atoms in total. The first kappa shape index (κ1) is 16.4. The summed E-state index contributed by atoms with van der Waals surface area (Å²) in [7, 11) is 1.20. The van der Waals surface area contributed by atoms with E-state index in [1.807, 2.05) is 7.05 Å². The SMILES string of the molecule is CNC(CS(=O)CCC(C)C)c1ccc(C)cc1C. The van der Waals surface area contributed by atoms with Crippen molar-refractivity contribution in [3.63, 3.8) is 0 Å². The highest BCUT2D eigenvalue weighted by Gasteiger charge is 2.15. The van der Waals surface area contributed by atoms with Crippen molar-refractivity contribution in [1.82, 2.24) is 5.32 Å². The molecule has 2 atom stereocenters. The quantitative estimate of drug-likeness (QED) is 0.830. The molecule has 0 aliphatic heterocycles. The molecule has 0 amide bonds. The minimum atomic E-state index is -0.747. The Labute approximate surface area is 120 Å². The van der Waals surface area contributed by atoms with E-state index >= 15 is 0 Å². The van der Waals surface area contributed by atoms with Crippen LogP contribution in [0.2, 0.25) is 0 Å². The maximum atomic E-state index is 12.1. The van der Waals surface area contributed by atoms with Crippen LogP contribution >= 0.6 is 0 Å². The lowest BCUT2D eigenvalue weighted by molar-refractivity contribution is 0.607. The van der Waals surface area contributed by atoms with Crippen molar-refractivity contribution in [1.29, 1.82) is 0 Å². The summed E-state index contributed by atoms with van der Waals surface area (Å²) >= 11 is 0. The van der Waals surface area contributed by atoms with E-state index in [4.69, 9.17) is 0 Å². The third-order valence-electron chi connectivity index (χ3n) is 3.42. The van der Waals surface area contributed by atoms with Crippen LogP contribution in [0, 0.1) is 19.8 Å². The molecule has 19 heavy (non-hydrogen) atoms. The summed E-state index contributed by atoms with van der Waals surface area (Å²) in [6.07, 6.45) is 1.04. The summed E-state index contributed by atoms with van der Waals surface area (Å²) in [6.45, 7) is 8.59. The van der Waals surface area contributed by atoms with E-state index in [2.05, 4.69) is 51.2 Å². The van der Waals surface area contributed by atoms with Gasteiger partial charge in [0.1, 0.15) is 0 Å². The molecule has 1 aromatic rings. The molecule has 0 saturated heterocycles. The maximum absolute atomic E-state index is 12.1. The number of rotatable bonds is 7. The van der Waals surface area contributed by atoms with Crippen LogP contribution in [0.5, 0.6) is 0 Å². The molecule has 0 heterocycles.